The number of hydrogen-bond acceptors (Lipinski definition) is 3. The number of nitrogen functional groups attached to an aromatic ring is 1. The molecule has 5 heteroatoms. The second kappa shape index (κ2) is 4.76. The van der Waals surface area contributed by atoms with Crippen LogP contribution in [0.15, 0.2) is 18.2 Å². The molecule has 0 heterocycles. The predicted octanol–water partition coefficient (Wildman–Crippen LogP) is 1.59. The molecule has 3 nitrogen and oxygen atoms in total. The van der Waals surface area contributed by atoms with Crippen LogP contribution in [0.1, 0.15) is 5.56 Å². The third-order valence-electron chi connectivity index (χ3n) is 1.67. The van der Waals surface area contributed by atoms with Crippen molar-refractivity contribution in [3.8, 4) is 5.75 Å². The van der Waals surface area contributed by atoms with Crippen LogP contribution in [0.4, 0.5) is 14.5 Å². The predicted molar refractivity (Wildman–Crippen MR) is 50.3 cm³/mol. The summed E-state index contributed by atoms with van der Waals surface area (Å²) in [6, 6.07) is 4.57. The SMILES string of the molecule is CNCc1cc(N)ccc1OC(F)F. The highest BCUT2D eigenvalue weighted by Crippen LogP contribution is 2.22. The maximum atomic E-state index is 12.0. The summed E-state index contributed by atoms with van der Waals surface area (Å²) in [5, 5.41) is 2.84. The topological polar surface area (TPSA) is 47.3 Å². The van der Waals surface area contributed by atoms with Gasteiger partial charge >= 0.3 is 6.61 Å². The molecule has 0 bridgehead atoms. The Balaban J connectivity index is 2.89. The van der Waals surface area contributed by atoms with E-state index in [-0.39, 0.29) is 5.75 Å². The van der Waals surface area contributed by atoms with Crippen molar-refractivity contribution in [1.82, 2.24) is 5.32 Å². The smallest absolute Gasteiger partial charge is 0.387 e. The highest BCUT2D eigenvalue weighted by atomic mass is 19.3. The maximum Gasteiger partial charge on any atom is 0.387 e. The van der Waals surface area contributed by atoms with Gasteiger partial charge in [-0.25, -0.2) is 0 Å². The van der Waals surface area contributed by atoms with Crippen LogP contribution in [-0.4, -0.2) is 13.7 Å². The Bertz CT molecular complexity index is 305. The molecule has 1 rings (SSSR count). The molecule has 0 radical (unpaired) electrons. The van der Waals surface area contributed by atoms with E-state index < -0.39 is 6.61 Å². The van der Waals surface area contributed by atoms with Crippen LogP contribution in [-0.2, 0) is 6.54 Å². The molecule has 0 atom stereocenters. The fraction of sp³-hybridized carbons (Fsp3) is 0.333. The van der Waals surface area contributed by atoms with Crippen molar-refractivity contribution >= 4 is 5.69 Å². The zero-order chi connectivity index (χ0) is 10.6. The largest absolute Gasteiger partial charge is 0.434 e. The van der Waals surface area contributed by atoms with Gasteiger partial charge in [0, 0.05) is 17.8 Å². The number of hydrogen-bond donors (Lipinski definition) is 2. The first-order valence-electron chi connectivity index (χ1n) is 4.11. The lowest BCUT2D eigenvalue weighted by Gasteiger charge is -2.10. The number of benzene rings is 1. The van der Waals surface area contributed by atoms with Gasteiger partial charge in [-0.2, -0.15) is 8.78 Å². The van der Waals surface area contributed by atoms with Crippen LogP contribution in [0, 0.1) is 0 Å². The van der Waals surface area contributed by atoms with E-state index in [4.69, 9.17) is 5.73 Å². The number of nitrogens with one attached hydrogen (secondary N) is 1. The van der Waals surface area contributed by atoms with Gasteiger partial charge in [0.25, 0.3) is 0 Å². The summed E-state index contributed by atoms with van der Waals surface area (Å²) in [7, 11) is 1.72. The molecule has 1 aromatic rings. The van der Waals surface area contributed by atoms with E-state index in [9.17, 15) is 8.78 Å². The van der Waals surface area contributed by atoms with Crippen molar-refractivity contribution in [2.75, 3.05) is 12.8 Å². The van der Waals surface area contributed by atoms with Gasteiger partial charge in [0.05, 0.1) is 0 Å². The van der Waals surface area contributed by atoms with Gasteiger partial charge in [-0.15, -0.1) is 0 Å². The second-order valence-corrected chi connectivity index (χ2v) is 2.78. The molecule has 0 unspecified atom stereocenters. The molecule has 78 valence electrons. The van der Waals surface area contributed by atoms with Crippen LogP contribution < -0.4 is 15.8 Å². The summed E-state index contributed by atoms with van der Waals surface area (Å²) < 4.78 is 28.3. The first-order valence-corrected chi connectivity index (χ1v) is 4.11. The van der Waals surface area contributed by atoms with E-state index in [0.29, 0.717) is 17.8 Å². The van der Waals surface area contributed by atoms with E-state index in [0.717, 1.165) is 0 Å². The Kier molecular flexibility index (Phi) is 3.64. The zero-order valence-corrected chi connectivity index (χ0v) is 7.76. The van der Waals surface area contributed by atoms with Crippen LogP contribution in [0.2, 0.25) is 0 Å². The number of rotatable bonds is 4. The van der Waals surface area contributed by atoms with Crippen LogP contribution >= 0.6 is 0 Å². The van der Waals surface area contributed by atoms with Gasteiger partial charge in [0.1, 0.15) is 5.75 Å². The number of anilines is 1. The van der Waals surface area contributed by atoms with Crippen molar-refractivity contribution in [3.63, 3.8) is 0 Å². The minimum absolute atomic E-state index is 0.156. The van der Waals surface area contributed by atoms with E-state index in [2.05, 4.69) is 10.1 Å². The third-order valence-corrected chi connectivity index (χ3v) is 1.67. The van der Waals surface area contributed by atoms with Gasteiger partial charge in [0.2, 0.25) is 0 Å². The minimum atomic E-state index is -2.81. The van der Waals surface area contributed by atoms with Crippen molar-refractivity contribution in [3.05, 3.63) is 23.8 Å². The second-order valence-electron chi connectivity index (χ2n) is 2.78. The maximum absolute atomic E-state index is 12.0. The van der Waals surface area contributed by atoms with Gasteiger partial charge < -0.3 is 15.8 Å². The Morgan fingerprint density at radius 3 is 2.79 bits per heavy atom. The molecule has 0 aliphatic rings. The quantitative estimate of drug-likeness (QED) is 0.729. The number of halogens is 2. The molecule has 14 heavy (non-hydrogen) atoms. The zero-order valence-electron chi connectivity index (χ0n) is 7.76. The Labute approximate surface area is 80.9 Å². The van der Waals surface area contributed by atoms with Gasteiger partial charge in [-0.3, -0.25) is 0 Å². The van der Waals surface area contributed by atoms with E-state index >= 15 is 0 Å². The molecule has 0 spiro atoms. The van der Waals surface area contributed by atoms with E-state index in [1.165, 1.54) is 12.1 Å². The molecule has 0 amide bonds. The molecular formula is C9H12F2N2O. The molecule has 0 aliphatic heterocycles. The molecule has 0 fully saturated rings. The highest BCUT2D eigenvalue weighted by Gasteiger charge is 2.08. The van der Waals surface area contributed by atoms with Crippen molar-refractivity contribution in [2.45, 2.75) is 13.2 Å². The molecule has 0 aromatic heterocycles. The Morgan fingerprint density at radius 1 is 1.50 bits per heavy atom. The first-order chi connectivity index (χ1) is 6.63. The van der Waals surface area contributed by atoms with Crippen molar-refractivity contribution in [1.29, 1.82) is 0 Å². The van der Waals surface area contributed by atoms with Crippen molar-refractivity contribution in [2.24, 2.45) is 0 Å². The monoisotopic (exact) mass is 202 g/mol. The number of alkyl halides is 2. The minimum Gasteiger partial charge on any atom is -0.434 e. The number of ether oxygens (including phenoxy) is 1. The first kappa shape index (κ1) is 10.7. The normalized spacial score (nSPS) is 10.6. The van der Waals surface area contributed by atoms with Gasteiger partial charge in [-0.1, -0.05) is 0 Å². The van der Waals surface area contributed by atoms with Crippen LogP contribution in [0.3, 0.4) is 0 Å². The highest BCUT2D eigenvalue weighted by molar-refractivity contribution is 5.47. The Morgan fingerprint density at radius 2 is 2.21 bits per heavy atom. The summed E-state index contributed by atoms with van der Waals surface area (Å²) in [5.74, 6) is 0.156. The standard InChI is InChI=1S/C9H12F2N2O/c1-13-5-6-4-7(12)2-3-8(6)14-9(10)11/h2-4,9,13H,5,12H2,1H3. The van der Waals surface area contributed by atoms with Crippen LogP contribution in [0.5, 0.6) is 5.75 Å². The summed E-state index contributed by atoms with van der Waals surface area (Å²) >= 11 is 0. The summed E-state index contributed by atoms with van der Waals surface area (Å²) in [5.41, 5.74) is 6.66. The molecule has 0 saturated carbocycles. The molecular weight excluding hydrogens is 190 g/mol. The summed E-state index contributed by atoms with van der Waals surface area (Å²) in [6.45, 7) is -2.37. The average Bonchev–Trinajstić information content (AvgIpc) is 2.09. The fourth-order valence-corrected chi connectivity index (χ4v) is 1.14. The fourth-order valence-electron chi connectivity index (χ4n) is 1.14. The molecule has 3 N–H and O–H groups in total. The number of nitrogens with two attached hydrogens (primary N) is 1. The molecule has 1 aromatic carbocycles. The van der Waals surface area contributed by atoms with Gasteiger partial charge in [-0.05, 0) is 25.2 Å². The van der Waals surface area contributed by atoms with E-state index in [1.807, 2.05) is 0 Å². The molecule has 0 aliphatic carbocycles. The lowest BCUT2D eigenvalue weighted by Crippen LogP contribution is -2.10. The van der Waals surface area contributed by atoms with Gasteiger partial charge in [0.15, 0.2) is 0 Å². The molecule has 0 saturated heterocycles. The van der Waals surface area contributed by atoms with Crippen LogP contribution in [0.25, 0.3) is 0 Å². The van der Waals surface area contributed by atoms with Crippen molar-refractivity contribution < 1.29 is 13.5 Å². The average molecular weight is 202 g/mol. The summed E-state index contributed by atoms with van der Waals surface area (Å²) in [4.78, 5) is 0. The Hall–Kier alpha value is -1.36. The lowest BCUT2D eigenvalue weighted by atomic mass is 10.2. The summed E-state index contributed by atoms with van der Waals surface area (Å²) in [6.07, 6.45) is 0. The third kappa shape index (κ3) is 2.85. The van der Waals surface area contributed by atoms with E-state index in [1.54, 1.807) is 13.1 Å². The lowest BCUT2D eigenvalue weighted by molar-refractivity contribution is -0.0504.